The zero-order valence-corrected chi connectivity index (χ0v) is 18.5. The van der Waals surface area contributed by atoms with Crippen LogP contribution in [0.25, 0.3) is 10.9 Å². The maximum atomic E-state index is 15.2. The van der Waals surface area contributed by atoms with Gasteiger partial charge in [0, 0.05) is 37.1 Å². The number of aryl methyl sites for hydroxylation is 1. The molecule has 7 nitrogen and oxygen atoms in total. The van der Waals surface area contributed by atoms with Gasteiger partial charge in [-0.3, -0.25) is 4.79 Å². The van der Waals surface area contributed by atoms with Crippen molar-refractivity contribution in [2.45, 2.75) is 58.6 Å². The van der Waals surface area contributed by atoms with Crippen LogP contribution < -0.4 is 15.8 Å². The molecule has 1 aromatic carbocycles. The molecule has 0 bridgehead atoms. The Morgan fingerprint density at radius 3 is 2.65 bits per heavy atom. The molecule has 2 N–H and O–H groups in total. The van der Waals surface area contributed by atoms with E-state index in [9.17, 15) is 14.7 Å². The predicted octanol–water partition coefficient (Wildman–Crippen LogP) is 3.84. The molecule has 1 amide bonds. The lowest BCUT2D eigenvalue weighted by Gasteiger charge is -2.24. The Kier molecular flexibility index (Phi) is 5.35. The van der Waals surface area contributed by atoms with Gasteiger partial charge in [0.2, 0.25) is 0 Å². The van der Waals surface area contributed by atoms with Crippen LogP contribution in [0.2, 0.25) is 0 Å². The van der Waals surface area contributed by atoms with Crippen LogP contribution in [0.1, 0.15) is 51.6 Å². The van der Waals surface area contributed by atoms with Gasteiger partial charge in [-0.25, -0.2) is 9.18 Å². The van der Waals surface area contributed by atoms with Crippen molar-refractivity contribution in [2.24, 2.45) is 5.92 Å². The first-order chi connectivity index (χ1) is 14.5. The zero-order chi connectivity index (χ0) is 22.5. The number of benzene rings is 1. The van der Waals surface area contributed by atoms with Gasteiger partial charge in [0.05, 0.1) is 11.2 Å². The number of amides is 1. The molecule has 1 aliphatic carbocycles. The molecule has 1 unspecified atom stereocenters. The molecule has 0 radical (unpaired) electrons. The molecule has 2 aliphatic rings. The van der Waals surface area contributed by atoms with Gasteiger partial charge in [-0.15, -0.1) is 0 Å². The molecule has 2 heterocycles. The highest BCUT2D eigenvalue weighted by atomic mass is 19.1. The highest BCUT2D eigenvalue weighted by Crippen LogP contribution is 2.41. The fourth-order valence-electron chi connectivity index (χ4n) is 4.46. The Bertz CT molecular complexity index is 1090. The van der Waals surface area contributed by atoms with Crippen molar-refractivity contribution in [3.63, 3.8) is 0 Å². The predicted molar refractivity (Wildman–Crippen MR) is 117 cm³/mol. The molecule has 8 heteroatoms. The van der Waals surface area contributed by atoms with Crippen molar-refractivity contribution in [1.82, 2.24) is 9.88 Å². The Morgan fingerprint density at radius 1 is 1.29 bits per heavy atom. The SMILES string of the molecule is Cc1c(N2CCC(CNC(=O)OC(C)(C)C)C2)c(F)cc2c(O)cc(=O)n(C3CC3)c12. The first kappa shape index (κ1) is 21.5. The smallest absolute Gasteiger partial charge is 0.407 e. The van der Waals surface area contributed by atoms with Gasteiger partial charge in [0.1, 0.15) is 17.2 Å². The number of fused-ring (bicyclic) bond motifs is 1. The first-order valence-electron chi connectivity index (χ1n) is 10.8. The fraction of sp³-hybridized carbons (Fsp3) is 0.565. The van der Waals surface area contributed by atoms with E-state index in [2.05, 4.69) is 5.32 Å². The zero-order valence-electron chi connectivity index (χ0n) is 18.5. The third-order valence-electron chi connectivity index (χ3n) is 5.93. The number of hydrogen-bond acceptors (Lipinski definition) is 5. The van der Waals surface area contributed by atoms with Crippen molar-refractivity contribution >= 4 is 22.7 Å². The molecule has 2 aromatic rings. The maximum Gasteiger partial charge on any atom is 0.407 e. The van der Waals surface area contributed by atoms with E-state index in [0.717, 1.165) is 19.3 Å². The fourth-order valence-corrected chi connectivity index (χ4v) is 4.46. The molecule has 1 aliphatic heterocycles. The second kappa shape index (κ2) is 7.73. The first-order valence-corrected chi connectivity index (χ1v) is 10.8. The summed E-state index contributed by atoms with van der Waals surface area (Å²) in [6.45, 7) is 8.94. The third-order valence-corrected chi connectivity index (χ3v) is 5.93. The third kappa shape index (κ3) is 4.34. The standard InChI is InChI=1S/C23H30FN3O4/c1-13-20-16(18(28)10-19(29)27(20)15-5-6-15)9-17(24)21(13)26-8-7-14(12-26)11-25-22(30)31-23(2,3)4/h9-10,14-15,28H,5-8,11-12H2,1-4H3,(H,25,30). The lowest BCUT2D eigenvalue weighted by atomic mass is 10.1. The van der Waals surface area contributed by atoms with Crippen molar-refractivity contribution in [2.75, 3.05) is 24.5 Å². The largest absolute Gasteiger partial charge is 0.507 e. The Hall–Kier alpha value is -2.77. The van der Waals surface area contributed by atoms with Crippen LogP contribution in [0.15, 0.2) is 16.9 Å². The molecular weight excluding hydrogens is 401 g/mol. The summed E-state index contributed by atoms with van der Waals surface area (Å²) in [4.78, 5) is 26.4. The molecule has 1 atom stereocenters. The molecule has 0 spiro atoms. The van der Waals surface area contributed by atoms with Gasteiger partial charge in [0.25, 0.3) is 5.56 Å². The van der Waals surface area contributed by atoms with Crippen LogP contribution >= 0.6 is 0 Å². The highest BCUT2D eigenvalue weighted by Gasteiger charge is 2.31. The minimum atomic E-state index is -0.556. The number of nitrogens with zero attached hydrogens (tertiary/aromatic N) is 2. The van der Waals surface area contributed by atoms with Gasteiger partial charge >= 0.3 is 6.09 Å². The van der Waals surface area contributed by atoms with Gasteiger partial charge in [-0.05, 0) is 64.5 Å². The summed E-state index contributed by atoms with van der Waals surface area (Å²) in [5.74, 6) is -0.440. The van der Waals surface area contributed by atoms with Gasteiger partial charge < -0.3 is 24.6 Å². The summed E-state index contributed by atoms with van der Waals surface area (Å²) < 4.78 is 22.1. The summed E-state index contributed by atoms with van der Waals surface area (Å²) in [6.07, 6.45) is 2.17. The number of rotatable bonds is 4. The summed E-state index contributed by atoms with van der Waals surface area (Å²) in [6, 6.07) is 2.61. The van der Waals surface area contributed by atoms with E-state index in [1.165, 1.54) is 12.1 Å². The van der Waals surface area contributed by atoms with Gasteiger partial charge in [-0.1, -0.05) is 0 Å². The summed E-state index contributed by atoms with van der Waals surface area (Å²) >= 11 is 0. The van der Waals surface area contributed by atoms with Crippen LogP contribution in [0, 0.1) is 18.7 Å². The van der Waals surface area contributed by atoms with E-state index < -0.39 is 17.5 Å². The quantitative estimate of drug-likeness (QED) is 0.769. The second-order valence-corrected chi connectivity index (χ2v) is 9.68. The molecule has 1 aromatic heterocycles. The van der Waals surface area contributed by atoms with E-state index in [1.54, 1.807) is 4.57 Å². The van der Waals surface area contributed by atoms with Crippen LogP contribution in [-0.2, 0) is 4.74 Å². The molecule has 168 valence electrons. The van der Waals surface area contributed by atoms with E-state index in [-0.39, 0.29) is 23.3 Å². The Balaban J connectivity index is 1.58. The molecule has 4 rings (SSSR count). The summed E-state index contributed by atoms with van der Waals surface area (Å²) in [5.41, 5.74) is 0.926. The van der Waals surface area contributed by atoms with Crippen LogP contribution in [-0.4, -0.2) is 41.0 Å². The number of nitrogens with one attached hydrogen (secondary N) is 1. The number of halogens is 1. The number of alkyl carbamates (subject to hydrolysis) is 1. The number of aromatic hydroxyl groups is 1. The van der Waals surface area contributed by atoms with E-state index in [1.807, 2.05) is 32.6 Å². The van der Waals surface area contributed by atoms with Crippen molar-refractivity contribution < 1.29 is 19.0 Å². The minimum Gasteiger partial charge on any atom is -0.507 e. The van der Waals surface area contributed by atoms with Crippen LogP contribution in [0.3, 0.4) is 0 Å². The molecular formula is C23H30FN3O4. The monoisotopic (exact) mass is 431 g/mol. The molecule has 2 fully saturated rings. The average Bonchev–Trinajstić information content (AvgIpc) is 3.38. The average molecular weight is 432 g/mol. The van der Waals surface area contributed by atoms with Crippen molar-refractivity contribution in [1.29, 1.82) is 0 Å². The van der Waals surface area contributed by atoms with Gasteiger partial charge in [-0.2, -0.15) is 0 Å². The molecule has 1 saturated heterocycles. The number of aromatic nitrogens is 1. The minimum absolute atomic E-state index is 0.108. The molecule has 1 saturated carbocycles. The Labute approximate surface area is 180 Å². The van der Waals surface area contributed by atoms with Crippen molar-refractivity contribution in [3.05, 3.63) is 33.9 Å². The number of carbonyl (C=O) groups excluding carboxylic acids is 1. The number of pyridine rings is 1. The summed E-state index contributed by atoms with van der Waals surface area (Å²) in [5, 5.41) is 13.5. The number of hydrogen-bond donors (Lipinski definition) is 2. The topological polar surface area (TPSA) is 83.8 Å². The number of anilines is 1. The van der Waals surface area contributed by atoms with E-state index in [4.69, 9.17) is 4.74 Å². The van der Waals surface area contributed by atoms with Crippen LogP contribution in [0.4, 0.5) is 14.9 Å². The van der Waals surface area contributed by atoms with Crippen LogP contribution in [0.5, 0.6) is 5.75 Å². The van der Waals surface area contributed by atoms with Crippen molar-refractivity contribution in [3.8, 4) is 5.75 Å². The number of ether oxygens (including phenoxy) is 1. The normalized spacial score (nSPS) is 19.1. The lowest BCUT2D eigenvalue weighted by Crippen LogP contribution is -2.36. The lowest BCUT2D eigenvalue weighted by molar-refractivity contribution is 0.0520. The Morgan fingerprint density at radius 2 is 2.00 bits per heavy atom. The van der Waals surface area contributed by atoms with Gasteiger partial charge in [0.15, 0.2) is 0 Å². The second-order valence-electron chi connectivity index (χ2n) is 9.68. The summed E-state index contributed by atoms with van der Waals surface area (Å²) in [7, 11) is 0. The van der Waals surface area contributed by atoms with E-state index in [0.29, 0.717) is 41.8 Å². The highest BCUT2D eigenvalue weighted by molar-refractivity contribution is 5.92. The molecule has 31 heavy (non-hydrogen) atoms. The van der Waals surface area contributed by atoms with E-state index >= 15 is 4.39 Å². The number of carbonyl (C=O) groups is 1. The maximum absolute atomic E-state index is 15.2.